The summed E-state index contributed by atoms with van der Waals surface area (Å²) in [4.78, 5) is 20.0. The van der Waals surface area contributed by atoms with Gasteiger partial charge in [0.25, 0.3) is 0 Å². The summed E-state index contributed by atoms with van der Waals surface area (Å²) >= 11 is 1.76. The summed E-state index contributed by atoms with van der Waals surface area (Å²) in [6, 6.07) is 0. The minimum Gasteiger partial charge on any atom is -0.231 e. The minimum absolute atomic E-state index is 0.196. The largest absolute Gasteiger partial charge is 0.238 e. The molecule has 0 aromatic rings. The number of hydrogen-bond acceptors (Lipinski definition) is 5. The van der Waals surface area contributed by atoms with Gasteiger partial charge in [0.15, 0.2) is 0 Å². The van der Waals surface area contributed by atoms with Gasteiger partial charge in [-0.2, -0.15) is 9.78 Å². The molecule has 0 aliphatic carbocycles. The summed E-state index contributed by atoms with van der Waals surface area (Å²) in [6.45, 7) is 9.15. The van der Waals surface area contributed by atoms with E-state index < -0.39 is 6.29 Å². The highest BCUT2D eigenvalue weighted by molar-refractivity contribution is 8.01. The first-order valence-corrected chi connectivity index (χ1v) is 5.64. The van der Waals surface area contributed by atoms with E-state index in [2.05, 4.69) is 13.8 Å². The molecule has 0 unspecified atom stereocenters. The first kappa shape index (κ1) is 12.3. The average Bonchev–Trinajstić information content (AvgIpc) is 2.28. The van der Waals surface area contributed by atoms with Gasteiger partial charge in [-0.25, -0.2) is 9.78 Å². The third kappa shape index (κ3) is 3.74. The predicted octanol–water partition coefficient (Wildman–Crippen LogP) is 2.14. The van der Waals surface area contributed by atoms with E-state index in [1.165, 1.54) is 0 Å². The topological polar surface area (TPSA) is 36.9 Å². The Balaban J connectivity index is 2.50. The molecule has 0 atom stereocenters. The quantitative estimate of drug-likeness (QED) is 0.684. The second-order valence-electron chi connectivity index (χ2n) is 3.94. The average molecular weight is 222 g/mol. The Hall–Kier alpha value is 0.190. The van der Waals surface area contributed by atoms with Crippen molar-refractivity contribution in [2.24, 2.45) is 0 Å². The first-order chi connectivity index (χ1) is 6.52. The summed E-state index contributed by atoms with van der Waals surface area (Å²) < 4.78 is -0.196. The van der Waals surface area contributed by atoms with Crippen LogP contribution in [0.2, 0.25) is 0 Å². The van der Waals surface area contributed by atoms with Crippen LogP contribution in [-0.2, 0) is 19.6 Å². The van der Waals surface area contributed by atoms with Gasteiger partial charge in [0.05, 0.1) is 4.75 Å². The Morgan fingerprint density at radius 2 is 1.64 bits per heavy atom. The van der Waals surface area contributed by atoms with Gasteiger partial charge in [0.2, 0.25) is 6.29 Å². The third-order valence-electron chi connectivity index (χ3n) is 1.67. The van der Waals surface area contributed by atoms with E-state index >= 15 is 0 Å². The van der Waals surface area contributed by atoms with Crippen LogP contribution in [0.1, 0.15) is 27.7 Å². The maximum Gasteiger partial charge on any atom is 0.238 e. The van der Waals surface area contributed by atoms with E-state index in [0.29, 0.717) is 18.5 Å². The lowest BCUT2D eigenvalue weighted by Crippen LogP contribution is -2.37. The Morgan fingerprint density at radius 1 is 1.14 bits per heavy atom. The van der Waals surface area contributed by atoms with Crippen LogP contribution in [0.4, 0.5) is 0 Å². The van der Waals surface area contributed by atoms with E-state index in [0.717, 1.165) is 0 Å². The van der Waals surface area contributed by atoms with Crippen LogP contribution in [0.25, 0.3) is 0 Å². The summed E-state index contributed by atoms with van der Waals surface area (Å²) in [5, 5.41) is 0.500. The lowest BCUT2D eigenvalue weighted by molar-refractivity contribution is -0.429. The predicted molar refractivity (Wildman–Crippen MR) is 54.7 cm³/mol. The summed E-state index contributed by atoms with van der Waals surface area (Å²) in [5.74, 6) is 0. The van der Waals surface area contributed by atoms with Crippen molar-refractivity contribution in [3.8, 4) is 0 Å². The van der Waals surface area contributed by atoms with E-state index in [4.69, 9.17) is 19.6 Å². The van der Waals surface area contributed by atoms with Gasteiger partial charge in [-0.15, -0.1) is 11.8 Å². The maximum atomic E-state index is 5.10. The molecule has 4 nitrogen and oxygen atoms in total. The third-order valence-corrected chi connectivity index (χ3v) is 2.94. The van der Waals surface area contributed by atoms with Crippen molar-refractivity contribution in [3.05, 3.63) is 0 Å². The standard InChI is InChI=1S/C9H18O4S/c1-7(2)14-9(3,4)8-12-10-5-6-11-13-8/h7-8H,5-6H2,1-4H3. The molecule has 1 heterocycles. The molecule has 84 valence electrons. The molecule has 0 radical (unpaired) electrons. The number of hydrogen-bond donors (Lipinski definition) is 0. The van der Waals surface area contributed by atoms with Gasteiger partial charge < -0.3 is 0 Å². The zero-order valence-electron chi connectivity index (χ0n) is 9.11. The van der Waals surface area contributed by atoms with Gasteiger partial charge in [-0.1, -0.05) is 13.8 Å². The van der Waals surface area contributed by atoms with Crippen molar-refractivity contribution in [1.29, 1.82) is 0 Å². The normalized spacial score (nSPS) is 21.2. The number of thioether (sulfide) groups is 1. The van der Waals surface area contributed by atoms with Crippen molar-refractivity contribution in [1.82, 2.24) is 0 Å². The summed E-state index contributed by atoms with van der Waals surface area (Å²) in [6.07, 6.45) is -0.489. The van der Waals surface area contributed by atoms with Gasteiger partial charge in [0.1, 0.15) is 13.2 Å². The van der Waals surface area contributed by atoms with Gasteiger partial charge in [-0.3, -0.25) is 0 Å². The van der Waals surface area contributed by atoms with Crippen LogP contribution < -0.4 is 0 Å². The van der Waals surface area contributed by atoms with E-state index in [-0.39, 0.29) is 4.75 Å². The highest BCUT2D eigenvalue weighted by atomic mass is 32.2. The molecule has 0 N–H and O–H groups in total. The molecule has 0 saturated carbocycles. The second kappa shape index (κ2) is 5.32. The van der Waals surface area contributed by atoms with Crippen molar-refractivity contribution in [2.45, 2.75) is 44.0 Å². The highest BCUT2D eigenvalue weighted by Gasteiger charge is 2.36. The van der Waals surface area contributed by atoms with Gasteiger partial charge in [0, 0.05) is 0 Å². The Labute approximate surface area is 89.1 Å². The molecule has 5 heteroatoms. The van der Waals surface area contributed by atoms with E-state index in [9.17, 15) is 0 Å². The molecule has 1 saturated heterocycles. The summed E-state index contributed by atoms with van der Waals surface area (Å²) in [5.41, 5.74) is 0. The molecular weight excluding hydrogens is 204 g/mol. The van der Waals surface area contributed by atoms with Crippen LogP contribution in [-0.4, -0.2) is 29.5 Å². The molecule has 1 aliphatic heterocycles. The van der Waals surface area contributed by atoms with Crippen molar-refractivity contribution in [3.63, 3.8) is 0 Å². The van der Waals surface area contributed by atoms with E-state index in [1.807, 2.05) is 13.8 Å². The number of rotatable bonds is 3. The monoisotopic (exact) mass is 222 g/mol. The lowest BCUT2D eigenvalue weighted by atomic mass is 10.2. The molecule has 1 aliphatic rings. The molecule has 0 aromatic carbocycles. The maximum absolute atomic E-state index is 5.10. The Bertz CT molecular complexity index is 164. The van der Waals surface area contributed by atoms with Crippen LogP contribution >= 0.6 is 11.8 Å². The SMILES string of the molecule is CC(C)SC(C)(C)C1OOCCOO1. The zero-order chi connectivity index (χ0) is 10.6. The molecule has 1 fully saturated rings. The molecule has 0 amide bonds. The van der Waals surface area contributed by atoms with Crippen LogP contribution in [0.3, 0.4) is 0 Å². The van der Waals surface area contributed by atoms with Crippen LogP contribution in [0.15, 0.2) is 0 Å². The molecule has 1 rings (SSSR count). The van der Waals surface area contributed by atoms with Crippen molar-refractivity contribution >= 4 is 11.8 Å². The van der Waals surface area contributed by atoms with Crippen LogP contribution in [0.5, 0.6) is 0 Å². The summed E-state index contributed by atoms with van der Waals surface area (Å²) in [7, 11) is 0. The molecule has 0 aromatic heterocycles. The minimum atomic E-state index is -0.489. The van der Waals surface area contributed by atoms with Crippen molar-refractivity contribution < 1.29 is 19.6 Å². The fourth-order valence-electron chi connectivity index (χ4n) is 1.20. The van der Waals surface area contributed by atoms with Gasteiger partial charge >= 0.3 is 0 Å². The fraction of sp³-hybridized carbons (Fsp3) is 1.00. The molecular formula is C9H18O4S. The highest BCUT2D eigenvalue weighted by Crippen LogP contribution is 2.34. The Kier molecular flexibility index (Phi) is 4.66. The molecule has 14 heavy (non-hydrogen) atoms. The second-order valence-corrected chi connectivity index (χ2v) is 6.17. The Morgan fingerprint density at radius 3 is 2.07 bits per heavy atom. The smallest absolute Gasteiger partial charge is 0.231 e. The van der Waals surface area contributed by atoms with Crippen LogP contribution in [0, 0.1) is 0 Å². The molecule has 0 spiro atoms. The fourth-order valence-corrected chi connectivity index (χ4v) is 2.60. The lowest BCUT2D eigenvalue weighted by Gasteiger charge is -2.30. The van der Waals surface area contributed by atoms with Crippen molar-refractivity contribution in [2.75, 3.05) is 13.2 Å². The molecule has 0 bridgehead atoms. The van der Waals surface area contributed by atoms with Gasteiger partial charge in [-0.05, 0) is 19.1 Å². The zero-order valence-corrected chi connectivity index (χ0v) is 9.93. The first-order valence-electron chi connectivity index (χ1n) is 4.77. The van der Waals surface area contributed by atoms with E-state index in [1.54, 1.807) is 11.8 Å².